The third-order valence-corrected chi connectivity index (χ3v) is 2.53. The Morgan fingerprint density at radius 2 is 2.06 bits per heavy atom. The third kappa shape index (κ3) is 3.63. The molecule has 0 saturated heterocycles. The SMILES string of the molecule is CCOC(=O)C[C@H](N)c1cc(OC)ccc1OC. The Balaban J connectivity index is 2.88. The average Bonchev–Trinajstić information content (AvgIpc) is 2.38. The zero-order valence-corrected chi connectivity index (χ0v) is 10.9. The molecule has 0 aliphatic carbocycles. The monoisotopic (exact) mass is 253 g/mol. The minimum Gasteiger partial charge on any atom is -0.497 e. The molecule has 1 aromatic carbocycles. The first kappa shape index (κ1) is 14.3. The van der Waals surface area contributed by atoms with Gasteiger partial charge in [0.05, 0.1) is 27.2 Å². The molecule has 1 aromatic rings. The molecule has 5 nitrogen and oxygen atoms in total. The summed E-state index contributed by atoms with van der Waals surface area (Å²) in [4.78, 5) is 11.4. The number of esters is 1. The summed E-state index contributed by atoms with van der Waals surface area (Å²) in [7, 11) is 3.13. The molecule has 0 radical (unpaired) electrons. The molecule has 0 aliphatic heterocycles. The smallest absolute Gasteiger partial charge is 0.307 e. The fraction of sp³-hybridized carbons (Fsp3) is 0.462. The lowest BCUT2D eigenvalue weighted by Gasteiger charge is -2.16. The van der Waals surface area contributed by atoms with Gasteiger partial charge in [-0.25, -0.2) is 0 Å². The van der Waals surface area contributed by atoms with Crippen molar-refractivity contribution in [1.29, 1.82) is 0 Å². The van der Waals surface area contributed by atoms with Gasteiger partial charge in [-0.05, 0) is 25.1 Å². The molecule has 18 heavy (non-hydrogen) atoms. The molecule has 5 heteroatoms. The van der Waals surface area contributed by atoms with Crippen molar-refractivity contribution in [2.75, 3.05) is 20.8 Å². The Hall–Kier alpha value is -1.75. The maximum absolute atomic E-state index is 11.4. The van der Waals surface area contributed by atoms with Crippen molar-refractivity contribution in [2.45, 2.75) is 19.4 Å². The van der Waals surface area contributed by atoms with E-state index in [2.05, 4.69) is 0 Å². The number of carbonyl (C=O) groups excluding carboxylic acids is 1. The van der Waals surface area contributed by atoms with Crippen molar-refractivity contribution in [2.24, 2.45) is 5.73 Å². The number of hydrogen-bond donors (Lipinski definition) is 1. The molecule has 0 amide bonds. The fourth-order valence-electron chi connectivity index (χ4n) is 1.64. The predicted molar refractivity (Wildman–Crippen MR) is 67.7 cm³/mol. The van der Waals surface area contributed by atoms with Crippen LogP contribution in [-0.2, 0) is 9.53 Å². The Labute approximate surface area is 107 Å². The summed E-state index contributed by atoms with van der Waals surface area (Å²) in [6.45, 7) is 2.11. The first-order chi connectivity index (χ1) is 8.62. The van der Waals surface area contributed by atoms with Crippen LogP contribution < -0.4 is 15.2 Å². The van der Waals surface area contributed by atoms with Crippen molar-refractivity contribution in [3.63, 3.8) is 0 Å². The maximum atomic E-state index is 11.4. The van der Waals surface area contributed by atoms with Crippen LogP contribution in [0.2, 0.25) is 0 Å². The first-order valence-electron chi connectivity index (χ1n) is 5.75. The molecule has 0 aliphatic rings. The second-order valence-electron chi connectivity index (χ2n) is 3.72. The summed E-state index contributed by atoms with van der Waals surface area (Å²) in [5.41, 5.74) is 6.72. The van der Waals surface area contributed by atoms with Gasteiger partial charge in [-0.3, -0.25) is 4.79 Å². The quantitative estimate of drug-likeness (QED) is 0.781. The van der Waals surface area contributed by atoms with E-state index in [4.69, 9.17) is 19.9 Å². The van der Waals surface area contributed by atoms with Gasteiger partial charge in [0.2, 0.25) is 0 Å². The molecule has 0 unspecified atom stereocenters. The van der Waals surface area contributed by atoms with Gasteiger partial charge < -0.3 is 19.9 Å². The molecule has 2 N–H and O–H groups in total. The average molecular weight is 253 g/mol. The van der Waals surface area contributed by atoms with Gasteiger partial charge in [-0.2, -0.15) is 0 Å². The summed E-state index contributed by atoms with van der Waals surface area (Å²) >= 11 is 0. The number of rotatable bonds is 6. The van der Waals surface area contributed by atoms with Gasteiger partial charge >= 0.3 is 5.97 Å². The van der Waals surface area contributed by atoms with Crippen LogP contribution in [0.5, 0.6) is 11.5 Å². The highest BCUT2D eigenvalue weighted by atomic mass is 16.5. The van der Waals surface area contributed by atoms with Crippen molar-refractivity contribution in [1.82, 2.24) is 0 Å². The van der Waals surface area contributed by atoms with E-state index in [0.717, 1.165) is 5.56 Å². The number of benzene rings is 1. The second-order valence-corrected chi connectivity index (χ2v) is 3.72. The first-order valence-corrected chi connectivity index (χ1v) is 5.75. The Kier molecular flexibility index (Phi) is 5.45. The van der Waals surface area contributed by atoms with Crippen molar-refractivity contribution < 1.29 is 19.0 Å². The molecule has 1 atom stereocenters. The fourth-order valence-corrected chi connectivity index (χ4v) is 1.64. The van der Waals surface area contributed by atoms with E-state index in [1.165, 1.54) is 0 Å². The summed E-state index contributed by atoms with van der Waals surface area (Å²) in [6.07, 6.45) is 0.108. The summed E-state index contributed by atoms with van der Waals surface area (Å²) < 4.78 is 15.2. The summed E-state index contributed by atoms with van der Waals surface area (Å²) in [5.74, 6) is 0.979. The zero-order chi connectivity index (χ0) is 13.5. The molecular weight excluding hydrogens is 234 g/mol. The van der Waals surface area contributed by atoms with Crippen LogP contribution in [0.25, 0.3) is 0 Å². The molecule has 0 fully saturated rings. The Bertz CT molecular complexity index is 406. The number of carbonyl (C=O) groups is 1. The maximum Gasteiger partial charge on any atom is 0.307 e. The molecule has 0 aromatic heterocycles. The van der Waals surface area contributed by atoms with Crippen molar-refractivity contribution in [3.05, 3.63) is 23.8 Å². The van der Waals surface area contributed by atoms with E-state index >= 15 is 0 Å². The number of hydrogen-bond acceptors (Lipinski definition) is 5. The van der Waals surface area contributed by atoms with Gasteiger partial charge in [0, 0.05) is 11.6 Å². The van der Waals surface area contributed by atoms with Crippen LogP contribution in [-0.4, -0.2) is 26.8 Å². The van der Waals surface area contributed by atoms with Gasteiger partial charge in [0.25, 0.3) is 0 Å². The molecule has 0 bridgehead atoms. The van der Waals surface area contributed by atoms with Gasteiger partial charge in [0.1, 0.15) is 11.5 Å². The largest absolute Gasteiger partial charge is 0.497 e. The van der Waals surface area contributed by atoms with Crippen LogP contribution in [0, 0.1) is 0 Å². The van der Waals surface area contributed by atoms with Crippen molar-refractivity contribution >= 4 is 5.97 Å². The summed E-state index contributed by atoms with van der Waals surface area (Å²) in [6, 6.07) is 4.83. The van der Waals surface area contributed by atoms with Crippen LogP contribution in [0.1, 0.15) is 24.9 Å². The highest BCUT2D eigenvalue weighted by Crippen LogP contribution is 2.29. The Morgan fingerprint density at radius 3 is 2.61 bits per heavy atom. The summed E-state index contributed by atoms with van der Waals surface area (Å²) in [5, 5.41) is 0. The van der Waals surface area contributed by atoms with E-state index in [9.17, 15) is 4.79 Å². The number of methoxy groups -OCH3 is 2. The van der Waals surface area contributed by atoms with Crippen LogP contribution >= 0.6 is 0 Å². The van der Waals surface area contributed by atoms with E-state index in [-0.39, 0.29) is 12.4 Å². The highest BCUT2D eigenvalue weighted by Gasteiger charge is 2.17. The number of nitrogens with two attached hydrogens (primary N) is 1. The minimum absolute atomic E-state index is 0.108. The third-order valence-electron chi connectivity index (χ3n) is 2.53. The lowest BCUT2D eigenvalue weighted by Crippen LogP contribution is -2.18. The van der Waals surface area contributed by atoms with E-state index in [0.29, 0.717) is 18.1 Å². The topological polar surface area (TPSA) is 70.8 Å². The van der Waals surface area contributed by atoms with Crippen LogP contribution in [0.4, 0.5) is 0 Å². The van der Waals surface area contributed by atoms with Crippen molar-refractivity contribution in [3.8, 4) is 11.5 Å². The van der Waals surface area contributed by atoms with E-state index < -0.39 is 6.04 Å². The second kappa shape index (κ2) is 6.86. The molecule has 0 saturated carbocycles. The Morgan fingerprint density at radius 1 is 1.33 bits per heavy atom. The molecule has 1 rings (SSSR count). The molecule has 100 valence electrons. The number of ether oxygens (including phenoxy) is 3. The standard InChI is InChI=1S/C13H19NO4/c1-4-18-13(15)8-11(14)10-7-9(16-2)5-6-12(10)17-3/h5-7,11H,4,8,14H2,1-3H3/t11-/m0/s1. The van der Waals surface area contributed by atoms with Crippen LogP contribution in [0.15, 0.2) is 18.2 Å². The van der Waals surface area contributed by atoms with Gasteiger partial charge in [-0.15, -0.1) is 0 Å². The lowest BCUT2D eigenvalue weighted by molar-refractivity contribution is -0.143. The molecule has 0 spiro atoms. The normalized spacial score (nSPS) is 11.8. The van der Waals surface area contributed by atoms with E-state index in [1.54, 1.807) is 39.3 Å². The lowest BCUT2D eigenvalue weighted by atomic mass is 10.0. The minimum atomic E-state index is -0.478. The predicted octanol–water partition coefficient (Wildman–Crippen LogP) is 1.66. The van der Waals surface area contributed by atoms with Crippen LogP contribution in [0.3, 0.4) is 0 Å². The molecule has 0 heterocycles. The zero-order valence-electron chi connectivity index (χ0n) is 10.9. The van der Waals surface area contributed by atoms with E-state index in [1.807, 2.05) is 0 Å². The highest BCUT2D eigenvalue weighted by molar-refractivity contribution is 5.70. The molecular formula is C13H19NO4. The van der Waals surface area contributed by atoms with Gasteiger partial charge in [0.15, 0.2) is 0 Å². The van der Waals surface area contributed by atoms with Gasteiger partial charge in [-0.1, -0.05) is 0 Å².